The van der Waals surface area contributed by atoms with Crippen LogP contribution >= 0.6 is 11.6 Å². The maximum Gasteiger partial charge on any atom is 0.295 e. The summed E-state index contributed by atoms with van der Waals surface area (Å²) in [6.45, 7) is 2.59. The molecule has 1 aliphatic rings. The zero-order valence-electron chi connectivity index (χ0n) is 18.9. The number of rotatable bonds is 9. The Balaban J connectivity index is 2.22. The van der Waals surface area contributed by atoms with Gasteiger partial charge in [-0.05, 0) is 42.8 Å². The molecule has 1 aliphatic heterocycles. The average molecular weight is 476 g/mol. The highest BCUT2D eigenvalue weighted by Crippen LogP contribution is 2.43. The highest BCUT2D eigenvalue weighted by molar-refractivity contribution is 6.47. The Morgan fingerprint density at radius 3 is 2.42 bits per heavy atom. The van der Waals surface area contributed by atoms with Crippen LogP contribution in [0.15, 0.2) is 42.0 Å². The van der Waals surface area contributed by atoms with Crippen LogP contribution < -0.4 is 14.2 Å². The van der Waals surface area contributed by atoms with Crippen molar-refractivity contribution in [1.82, 2.24) is 4.90 Å². The number of nitrogens with zero attached hydrogens (tertiary/aromatic N) is 1. The molecule has 0 aromatic heterocycles. The van der Waals surface area contributed by atoms with Crippen LogP contribution in [-0.2, 0) is 14.3 Å². The van der Waals surface area contributed by atoms with Gasteiger partial charge in [-0.3, -0.25) is 9.59 Å². The number of amides is 1. The molecule has 9 heteroatoms. The molecule has 1 saturated heterocycles. The SMILES string of the molecule is CCOc1ccc(Cl)c(/C(O)=C2\C(=O)C(=O)N(CCOC)C2c2ccc(OC)c(OC)c2)c1. The standard InChI is InChI=1S/C24H26ClNO7/c1-5-33-15-7-8-17(25)16(13-15)22(27)20-21(26(10-11-30-2)24(29)23(20)28)14-6-9-18(31-3)19(12-14)32-4/h6-9,12-13,21,27H,5,10-11H2,1-4H3/b22-20+. The van der Waals surface area contributed by atoms with Crippen molar-refractivity contribution in [3.05, 3.63) is 58.1 Å². The molecule has 3 rings (SSSR count). The van der Waals surface area contributed by atoms with Gasteiger partial charge in [0.1, 0.15) is 11.5 Å². The molecule has 1 fully saturated rings. The summed E-state index contributed by atoms with van der Waals surface area (Å²) in [5.74, 6) is -0.572. The first-order valence-electron chi connectivity index (χ1n) is 10.3. The van der Waals surface area contributed by atoms with E-state index in [-0.39, 0.29) is 35.1 Å². The number of ether oxygens (including phenoxy) is 4. The van der Waals surface area contributed by atoms with Gasteiger partial charge in [0.05, 0.1) is 44.1 Å². The monoisotopic (exact) mass is 475 g/mol. The van der Waals surface area contributed by atoms with Crippen molar-refractivity contribution >= 4 is 29.1 Å². The molecule has 33 heavy (non-hydrogen) atoms. The van der Waals surface area contributed by atoms with Gasteiger partial charge in [0, 0.05) is 19.2 Å². The molecule has 1 N–H and O–H groups in total. The normalized spacial score (nSPS) is 17.4. The van der Waals surface area contributed by atoms with Crippen LogP contribution in [0.25, 0.3) is 5.76 Å². The van der Waals surface area contributed by atoms with Crippen LogP contribution in [0.2, 0.25) is 5.02 Å². The molecule has 0 saturated carbocycles. The van der Waals surface area contributed by atoms with Crippen molar-refractivity contribution < 1.29 is 33.6 Å². The molecule has 0 spiro atoms. The highest BCUT2D eigenvalue weighted by Gasteiger charge is 2.46. The second kappa shape index (κ2) is 10.6. The third-order valence-corrected chi connectivity index (χ3v) is 5.63. The van der Waals surface area contributed by atoms with Gasteiger partial charge in [-0.15, -0.1) is 0 Å². The van der Waals surface area contributed by atoms with Gasteiger partial charge in [0.25, 0.3) is 11.7 Å². The number of ketones is 1. The number of hydrogen-bond acceptors (Lipinski definition) is 7. The third-order valence-electron chi connectivity index (χ3n) is 5.30. The van der Waals surface area contributed by atoms with E-state index in [0.29, 0.717) is 29.4 Å². The van der Waals surface area contributed by atoms with E-state index in [4.69, 9.17) is 30.5 Å². The van der Waals surface area contributed by atoms with Crippen LogP contribution in [-0.4, -0.2) is 62.8 Å². The smallest absolute Gasteiger partial charge is 0.295 e. The minimum Gasteiger partial charge on any atom is -0.507 e. The van der Waals surface area contributed by atoms with Crippen molar-refractivity contribution in [1.29, 1.82) is 0 Å². The molecule has 176 valence electrons. The number of benzene rings is 2. The van der Waals surface area contributed by atoms with Crippen molar-refractivity contribution in [3.63, 3.8) is 0 Å². The molecule has 1 heterocycles. The number of aliphatic hydroxyl groups is 1. The molecular formula is C24H26ClNO7. The first-order valence-corrected chi connectivity index (χ1v) is 10.7. The Kier molecular flexibility index (Phi) is 7.84. The molecule has 2 aromatic carbocycles. The fourth-order valence-electron chi connectivity index (χ4n) is 3.76. The number of likely N-dealkylation sites (tertiary alicyclic amines) is 1. The Bertz CT molecular complexity index is 1080. The zero-order chi connectivity index (χ0) is 24.1. The molecule has 1 amide bonds. The Morgan fingerprint density at radius 2 is 1.79 bits per heavy atom. The highest BCUT2D eigenvalue weighted by atomic mass is 35.5. The van der Waals surface area contributed by atoms with Crippen molar-refractivity contribution in [2.75, 3.05) is 41.1 Å². The molecule has 1 atom stereocenters. The summed E-state index contributed by atoms with van der Waals surface area (Å²) in [4.78, 5) is 27.4. The number of aliphatic hydroxyl groups excluding tert-OH is 1. The lowest BCUT2D eigenvalue weighted by Crippen LogP contribution is -2.32. The van der Waals surface area contributed by atoms with Gasteiger partial charge in [0.15, 0.2) is 11.5 Å². The summed E-state index contributed by atoms with van der Waals surface area (Å²) < 4.78 is 21.3. The molecular weight excluding hydrogens is 450 g/mol. The van der Waals surface area contributed by atoms with Gasteiger partial charge in [-0.2, -0.15) is 0 Å². The van der Waals surface area contributed by atoms with E-state index < -0.39 is 17.7 Å². The zero-order valence-corrected chi connectivity index (χ0v) is 19.6. The average Bonchev–Trinajstić information content (AvgIpc) is 3.07. The summed E-state index contributed by atoms with van der Waals surface area (Å²) in [5, 5.41) is 11.4. The molecule has 8 nitrogen and oxygen atoms in total. The fourth-order valence-corrected chi connectivity index (χ4v) is 3.96. The first-order chi connectivity index (χ1) is 15.9. The number of Topliss-reactive ketones (excluding diaryl/α,β-unsaturated/α-hetero) is 1. The number of carbonyl (C=O) groups is 2. The predicted octanol–water partition coefficient (Wildman–Crippen LogP) is 3.82. The van der Waals surface area contributed by atoms with Gasteiger partial charge in [-0.1, -0.05) is 17.7 Å². The van der Waals surface area contributed by atoms with Crippen LogP contribution in [0.1, 0.15) is 24.1 Å². The van der Waals surface area contributed by atoms with E-state index in [1.807, 2.05) is 6.92 Å². The van der Waals surface area contributed by atoms with Gasteiger partial charge in [0.2, 0.25) is 0 Å². The Morgan fingerprint density at radius 1 is 1.06 bits per heavy atom. The fraction of sp³-hybridized carbons (Fsp3) is 0.333. The van der Waals surface area contributed by atoms with E-state index >= 15 is 0 Å². The quantitative estimate of drug-likeness (QED) is 0.334. The summed E-state index contributed by atoms with van der Waals surface area (Å²) >= 11 is 6.34. The lowest BCUT2D eigenvalue weighted by atomic mass is 9.95. The summed E-state index contributed by atoms with van der Waals surface area (Å²) in [7, 11) is 4.50. The molecule has 2 aromatic rings. The van der Waals surface area contributed by atoms with Crippen LogP contribution in [0.3, 0.4) is 0 Å². The van der Waals surface area contributed by atoms with E-state index in [1.165, 1.54) is 32.3 Å². The minimum absolute atomic E-state index is 0.0844. The third kappa shape index (κ3) is 4.77. The van der Waals surface area contributed by atoms with E-state index in [2.05, 4.69) is 0 Å². The maximum absolute atomic E-state index is 13.1. The lowest BCUT2D eigenvalue weighted by molar-refractivity contribution is -0.140. The largest absolute Gasteiger partial charge is 0.507 e. The van der Waals surface area contributed by atoms with Gasteiger partial charge < -0.3 is 29.0 Å². The Labute approximate surface area is 197 Å². The molecule has 0 aliphatic carbocycles. The van der Waals surface area contributed by atoms with E-state index in [9.17, 15) is 14.7 Å². The number of hydrogen-bond donors (Lipinski definition) is 1. The van der Waals surface area contributed by atoms with Gasteiger partial charge in [-0.25, -0.2) is 0 Å². The van der Waals surface area contributed by atoms with Crippen LogP contribution in [0.5, 0.6) is 17.2 Å². The van der Waals surface area contributed by atoms with Crippen LogP contribution in [0.4, 0.5) is 0 Å². The van der Waals surface area contributed by atoms with Crippen LogP contribution in [0, 0.1) is 0 Å². The van der Waals surface area contributed by atoms with Crippen molar-refractivity contribution in [2.45, 2.75) is 13.0 Å². The second-order valence-electron chi connectivity index (χ2n) is 7.17. The first kappa shape index (κ1) is 24.4. The molecule has 1 unspecified atom stereocenters. The topological polar surface area (TPSA) is 94.5 Å². The number of carbonyl (C=O) groups excluding carboxylic acids is 2. The van der Waals surface area contributed by atoms with Crippen molar-refractivity contribution in [2.24, 2.45) is 0 Å². The van der Waals surface area contributed by atoms with Gasteiger partial charge >= 0.3 is 0 Å². The summed E-state index contributed by atoms with van der Waals surface area (Å²) in [6.07, 6.45) is 0. The molecule has 0 radical (unpaired) electrons. The summed E-state index contributed by atoms with van der Waals surface area (Å²) in [5.41, 5.74) is 0.665. The lowest BCUT2D eigenvalue weighted by Gasteiger charge is -2.25. The van der Waals surface area contributed by atoms with E-state index in [1.54, 1.807) is 30.3 Å². The second-order valence-corrected chi connectivity index (χ2v) is 7.58. The minimum atomic E-state index is -0.883. The summed E-state index contributed by atoms with van der Waals surface area (Å²) in [6, 6.07) is 8.93. The maximum atomic E-state index is 13.1. The Hall–Kier alpha value is -3.23. The van der Waals surface area contributed by atoms with Crippen molar-refractivity contribution in [3.8, 4) is 17.2 Å². The predicted molar refractivity (Wildman–Crippen MR) is 123 cm³/mol. The number of halogens is 1. The molecule has 0 bridgehead atoms. The number of methoxy groups -OCH3 is 3. The van der Waals surface area contributed by atoms with E-state index in [0.717, 1.165) is 0 Å².